The minimum absolute atomic E-state index is 0.116. The number of aromatic hydroxyl groups is 1. The largest absolute Gasteiger partial charge is 0.508 e. The van der Waals surface area contributed by atoms with Gasteiger partial charge in [0.1, 0.15) is 5.75 Å². The van der Waals surface area contributed by atoms with E-state index in [2.05, 4.69) is 20.9 Å². The minimum atomic E-state index is -2.37. The van der Waals surface area contributed by atoms with Crippen molar-refractivity contribution in [2.45, 2.75) is 0 Å². The standard InChI is InChI=1S/C17H16ClN3O2S/c1-24(2,23)21-11-3-6-15-13(9-11)16(7-8-19-15)20-17-10-12(22)4-5-14(17)18/h3-10,22H,1H2,2H3,(H,19,20)(H,21,23). The molecule has 3 N–H and O–H groups in total. The van der Waals surface area contributed by atoms with Crippen molar-refractivity contribution >= 4 is 55.1 Å². The molecule has 1 atom stereocenters. The summed E-state index contributed by atoms with van der Waals surface area (Å²) >= 11 is 6.17. The van der Waals surface area contributed by atoms with Crippen LogP contribution in [-0.4, -0.2) is 26.4 Å². The summed E-state index contributed by atoms with van der Waals surface area (Å²) < 4.78 is 14.7. The van der Waals surface area contributed by atoms with E-state index in [1.807, 2.05) is 12.1 Å². The highest BCUT2D eigenvalue weighted by Gasteiger charge is 2.08. The molecule has 1 aromatic heterocycles. The van der Waals surface area contributed by atoms with E-state index in [4.69, 9.17) is 11.6 Å². The monoisotopic (exact) mass is 361 g/mol. The van der Waals surface area contributed by atoms with Crippen molar-refractivity contribution in [1.29, 1.82) is 0 Å². The van der Waals surface area contributed by atoms with Crippen LogP contribution >= 0.6 is 11.6 Å². The topological polar surface area (TPSA) is 74.2 Å². The Hall–Kier alpha value is -2.44. The molecule has 0 spiro atoms. The van der Waals surface area contributed by atoms with Gasteiger partial charge in [-0.1, -0.05) is 11.6 Å². The lowest BCUT2D eigenvalue weighted by Gasteiger charge is -2.13. The van der Waals surface area contributed by atoms with Gasteiger partial charge >= 0.3 is 0 Å². The van der Waals surface area contributed by atoms with Gasteiger partial charge in [0.2, 0.25) is 0 Å². The summed E-state index contributed by atoms with van der Waals surface area (Å²) in [6.07, 6.45) is 3.21. The number of halogens is 1. The number of phenolic OH excluding ortho intramolecular Hbond substituents is 1. The number of fused-ring (bicyclic) bond motifs is 1. The van der Waals surface area contributed by atoms with Gasteiger partial charge in [0, 0.05) is 45.0 Å². The highest BCUT2D eigenvalue weighted by atomic mass is 35.5. The Morgan fingerprint density at radius 3 is 2.71 bits per heavy atom. The predicted octanol–water partition coefficient (Wildman–Crippen LogP) is 4.01. The van der Waals surface area contributed by atoms with Crippen LogP contribution in [0.5, 0.6) is 5.75 Å². The first kappa shape index (κ1) is 16.4. The highest BCUT2D eigenvalue weighted by molar-refractivity contribution is 8.00. The molecule has 0 fully saturated rings. The molecule has 1 unspecified atom stereocenters. The van der Waals surface area contributed by atoms with Gasteiger partial charge in [-0.15, -0.1) is 0 Å². The third kappa shape index (κ3) is 3.72. The van der Waals surface area contributed by atoms with Crippen LogP contribution in [0.4, 0.5) is 17.1 Å². The van der Waals surface area contributed by atoms with E-state index in [9.17, 15) is 9.32 Å². The van der Waals surface area contributed by atoms with Gasteiger partial charge in [-0.25, -0.2) is 4.21 Å². The first-order chi connectivity index (χ1) is 11.3. The number of nitrogens with zero attached hydrogens (tertiary/aromatic N) is 1. The lowest BCUT2D eigenvalue weighted by Crippen LogP contribution is -2.09. The predicted molar refractivity (Wildman–Crippen MR) is 103 cm³/mol. The Morgan fingerprint density at radius 2 is 1.96 bits per heavy atom. The van der Waals surface area contributed by atoms with Crippen molar-refractivity contribution in [2.24, 2.45) is 0 Å². The fourth-order valence-corrected chi connectivity index (χ4v) is 3.11. The Bertz CT molecular complexity index is 1020. The average molecular weight is 362 g/mol. The molecule has 5 nitrogen and oxygen atoms in total. The smallest absolute Gasteiger partial charge is 0.117 e. The number of phenols is 1. The van der Waals surface area contributed by atoms with Crippen LogP contribution < -0.4 is 10.0 Å². The molecule has 0 amide bonds. The van der Waals surface area contributed by atoms with Gasteiger partial charge in [-0.3, -0.25) is 4.98 Å². The third-order valence-electron chi connectivity index (χ3n) is 3.29. The summed E-state index contributed by atoms with van der Waals surface area (Å²) in [4.78, 5) is 4.32. The molecule has 3 aromatic rings. The summed E-state index contributed by atoms with van der Waals surface area (Å²) in [5.41, 5.74) is 2.80. The fourth-order valence-electron chi connectivity index (χ4n) is 2.32. The van der Waals surface area contributed by atoms with Crippen molar-refractivity contribution < 1.29 is 9.32 Å². The zero-order valence-corrected chi connectivity index (χ0v) is 14.5. The number of rotatable bonds is 4. The highest BCUT2D eigenvalue weighted by Crippen LogP contribution is 2.32. The van der Waals surface area contributed by atoms with Gasteiger partial charge in [-0.2, -0.15) is 0 Å². The van der Waals surface area contributed by atoms with Crippen LogP contribution in [0.1, 0.15) is 0 Å². The van der Waals surface area contributed by atoms with Crippen LogP contribution in [0, 0.1) is 0 Å². The molecule has 124 valence electrons. The first-order valence-electron chi connectivity index (χ1n) is 7.06. The van der Waals surface area contributed by atoms with Crippen LogP contribution in [-0.2, 0) is 9.71 Å². The van der Waals surface area contributed by atoms with E-state index in [0.717, 1.165) is 16.6 Å². The number of hydrogen-bond donors (Lipinski definition) is 3. The Labute approximate surface area is 145 Å². The van der Waals surface area contributed by atoms with E-state index in [1.165, 1.54) is 12.3 Å². The molecule has 2 aromatic carbocycles. The molecule has 3 rings (SSSR count). The molecule has 1 heterocycles. The van der Waals surface area contributed by atoms with E-state index < -0.39 is 9.71 Å². The fraction of sp³-hybridized carbons (Fsp3) is 0.0588. The SMILES string of the molecule is C=S(C)(=O)Nc1ccc2nccc(Nc3cc(O)ccc3Cl)c2c1. The Kier molecular flexibility index (Phi) is 4.26. The number of pyridine rings is 1. The number of aromatic nitrogens is 1. The van der Waals surface area contributed by atoms with Gasteiger partial charge in [0.25, 0.3) is 0 Å². The van der Waals surface area contributed by atoms with Crippen LogP contribution in [0.2, 0.25) is 5.02 Å². The van der Waals surface area contributed by atoms with E-state index >= 15 is 0 Å². The third-order valence-corrected chi connectivity index (χ3v) is 4.29. The summed E-state index contributed by atoms with van der Waals surface area (Å²) in [7, 11) is -2.37. The van der Waals surface area contributed by atoms with Gasteiger partial charge in [0.15, 0.2) is 0 Å². The van der Waals surface area contributed by atoms with E-state index in [0.29, 0.717) is 16.4 Å². The second kappa shape index (κ2) is 6.22. The minimum Gasteiger partial charge on any atom is -0.508 e. The second-order valence-electron chi connectivity index (χ2n) is 5.49. The van der Waals surface area contributed by atoms with Gasteiger partial charge < -0.3 is 15.1 Å². The lowest BCUT2D eigenvalue weighted by molar-refractivity contribution is 0.475. The van der Waals surface area contributed by atoms with Crippen molar-refractivity contribution in [1.82, 2.24) is 4.98 Å². The maximum atomic E-state index is 11.9. The molecule has 0 saturated carbocycles. The quantitative estimate of drug-likeness (QED) is 0.614. The summed E-state index contributed by atoms with van der Waals surface area (Å²) in [5, 5.41) is 14.2. The molecular formula is C17H16ClN3O2S. The number of benzene rings is 2. The number of hydrogen-bond acceptors (Lipinski definition) is 4. The molecule has 0 bridgehead atoms. The number of nitrogens with one attached hydrogen (secondary N) is 2. The normalized spacial score (nSPS) is 13.4. The van der Waals surface area contributed by atoms with Crippen LogP contribution in [0.3, 0.4) is 0 Å². The van der Waals surface area contributed by atoms with E-state index in [1.54, 1.807) is 30.5 Å². The molecule has 24 heavy (non-hydrogen) atoms. The molecule has 0 saturated heterocycles. The summed E-state index contributed by atoms with van der Waals surface area (Å²) in [6.45, 7) is 0. The maximum Gasteiger partial charge on any atom is 0.117 e. The van der Waals surface area contributed by atoms with Crippen LogP contribution in [0.25, 0.3) is 10.9 Å². The molecule has 0 aliphatic carbocycles. The molecule has 0 radical (unpaired) electrons. The maximum absolute atomic E-state index is 11.9. The second-order valence-corrected chi connectivity index (χ2v) is 8.11. The van der Waals surface area contributed by atoms with Gasteiger partial charge in [0.05, 0.1) is 16.2 Å². The Morgan fingerprint density at radius 1 is 1.17 bits per heavy atom. The lowest BCUT2D eigenvalue weighted by atomic mass is 10.1. The van der Waals surface area contributed by atoms with Crippen molar-refractivity contribution in [2.75, 3.05) is 16.3 Å². The van der Waals surface area contributed by atoms with Crippen LogP contribution in [0.15, 0.2) is 48.7 Å². The summed E-state index contributed by atoms with van der Waals surface area (Å²) in [5.74, 6) is 3.71. The zero-order valence-electron chi connectivity index (χ0n) is 12.9. The average Bonchev–Trinajstić information content (AvgIpc) is 2.50. The van der Waals surface area contributed by atoms with Crippen molar-refractivity contribution in [3.05, 3.63) is 53.7 Å². The molecule has 7 heteroatoms. The molecule has 0 aliphatic rings. The zero-order chi connectivity index (χ0) is 17.3. The summed E-state index contributed by atoms with van der Waals surface area (Å²) in [6, 6.07) is 12.0. The van der Waals surface area contributed by atoms with Crippen molar-refractivity contribution in [3.8, 4) is 5.75 Å². The van der Waals surface area contributed by atoms with Crippen molar-refractivity contribution in [3.63, 3.8) is 0 Å². The molecular weight excluding hydrogens is 346 g/mol. The first-order valence-corrected chi connectivity index (χ1v) is 9.57. The number of anilines is 3. The Balaban J connectivity index is 2.07. The van der Waals surface area contributed by atoms with Gasteiger partial charge in [-0.05, 0) is 42.3 Å². The van der Waals surface area contributed by atoms with E-state index in [-0.39, 0.29) is 5.75 Å². The molecule has 0 aliphatic heterocycles.